The first-order valence-corrected chi connectivity index (χ1v) is 16.3. The average molecular weight is 665 g/mol. The molecular weight excluding hydrogens is 627 g/mol. The van der Waals surface area contributed by atoms with Crippen LogP contribution in [0.4, 0.5) is 10.1 Å². The normalized spacial score (nSPS) is 22.4. The van der Waals surface area contributed by atoms with Crippen molar-refractivity contribution in [1.29, 1.82) is 0 Å². The molecule has 4 heterocycles. The van der Waals surface area contributed by atoms with Crippen molar-refractivity contribution in [1.82, 2.24) is 14.5 Å². The van der Waals surface area contributed by atoms with Crippen LogP contribution in [0, 0.1) is 5.82 Å². The van der Waals surface area contributed by atoms with Crippen LogP contribution >= 0.6 is 11.6 Å². The lowest BCUT2D eigenvalue weighted by molar-refractivity contribution is -0.0705. The molecule has 0 radical (unpaired) electrons. The lowest BCUT2D eigenvalue weighted by Crippen LogP contribution is -2.53. The van der Waals surface area contributed by atoms with E-state index in [0.29, 0.717) is 46.4 Å². The van der Waals surface area contributed by atoms with Gasteiger partial charge < -0.3 is 33.2 Å². The number of hydrogen-bond acceptors (Lipinski definition) is 9. The molecule has 1 aromatic heterocycles. The van der Waals surface area contributed by atoms with Gasteiger partial charge in [0.2, 0.25) is 0 Å². The first-order chi connectivity index (χ1) is 22.7. The van der Waals surface area contributed by atoms with Crippen LogP contribution in [0.5, 0.6) is 17.2 Å². The summed E-state index contributed by atoms with van der Waals surface area (Å²) in [4.78, 5) is 22.3. The monoisotopic (exact) mass is 664 g/mol. The van der Waals surface area contributed by atoms with E-state index in [9.17, 15) is 9.18 Å². The Morgan fingerprint density at radius 2 is 1.98 bits per heavy atom. The third-order valence-electron chi connectivity index (χ3n) is 9.46. The minimum Gasteiger partial charge on any atom is -0.494 e. The van der Waals surface area contributed by atoms with Crippen LogP contribution in [-0.2, 0) is 28.4 Å². The van der Waals surface area contributed by atoms with Gasteiger partial charge in [0, 0.05) is 44.2 Å². The Labute approximate surface area is 277 Å². The second kappa shape index (κ2) is 12.5. The molecule has 7 rings (SSSR count). The Balaban J connectivity index is 1.15. The third-order valence-corrected chi connectivity index (χ3v) is 9.69. The number of carbonyl (C=O) groups is 1. The number of halogens is 2. The van der Waals surface area contributed by atoms with Crippen LogP contribution in [0.1, 0.15) is 48.4 Å². The molecule has 0 bridgehead atoms. The van der Waals surface area contributed by atoms with Gasteiger partial charge in [-0.25, -0.2) is 14.2 Å². The number of nitrogens with zero attached hydrogens (tertiary/aromatic N) is 4. The van der Waals surface area contributed by atoms with Crippen molar-refractivity contribution in [3.8, 4) is 17.2 Å². The van der Waals surface area contributed by atoms with Crippen molar-refractivity contribution in [2.75, 3.05) is 45.4 Å². The lowest BCUT2D eigenvalue weighted by atomic mass is 10.1. The summed E-state index contributed by atoms with van der Waals surface area (Å²) in [5.41, 5.74) is 3.13. The molecule has 2 fully saturated rings. The quantitative estimate of drug-likeness (QED) is 0.195. The van der Waals surface area contributed by atoms with Crippen molar-refractivity contribution >= 4 is 34.3 Å². The number of aromatic nitrogens is 2. The van der Waals surface area contributed by atoms with Crippen molar-refractivity contribution in [2.45, 2.75) is 57.7 Å². The van der Waals surface area contributed by atoms with E-state index in [4.69, 9.17) is 40.3 Å². The number of benzene rings is 3. The highest BCUT2D eigenvalue weighted by atomic mass is 35.5. The van der Waals surface area contributed by atoms with Gasteiger partial charge in [0.15, 0.2) is 11.5 Å². The van der Waals surface area contributed by atoms with Crippen LogP contribution < -0.4 is 19.1 Å². The summed E-state index contributed by atoms with van der Waals surface area (Å²) < 4.78 is 46.2. The zero-order chi connectivity index (χ0) is 32.9. The van der Waals surface area contributed by atoms with Crippen LogP contribution in [0.2, 0.25) is 5.02 Å². The maximum atomic E-state index is 14.9. The van der Waals surface area contributed by atoms with Gasteiger partial charge in [0.05, 0.1) is 55.7 Å². The van der Waals surface area contributed by atoms with E-state index in [0.717, 1.165) is 56.1 Å². The predicted molar refractivity (Wildman–Crippen MR) is 175 cm³/mol. The van der Waals surface area contributed by atoms with E-state index >= 15 is 0 Å². The fourth-order valence-corrected chi connectivity index (χ4v) is 6.96. The molecule has 248 valence electrons. The number of fused-ring (bicyclic) bond motifs is 2. The second-order valence-electron chi connectivity index (χ2n) is 12.3. The highest BCUT2D eigenvalue weighted by Gasteiger charge is 2.43. The summed E-state index contributed by atoms with van der Waals surface area (Å²) in [7, 11) is 2.95. The van der Waals surface area contributed by atoms with Gasteiger partial charge in [-0.15, -0.1) is 0 Å². The molecule has 0 aliphatic carbocycles. The van der Waals surface area contributed by atoms with Gasteiger partial charge >= 0.3 is 5.97 Å². The molecule has 3 aliphatic heterocycles. The lowest BCUT2D eigenvalue weighted by Gasteiger charge is -2.42. The number of ether oxygens (including phenoxy) is 5. The molecule has 3 aromatic carbocycles. The number of methoxy groups -OCH3 is 2. The topological polar surface area (TPSA) is 87.5 Å². The molecule has 1 unspecified atom stereocenters. The van der Waals surface area contributed by atoms with E-state index in [1.54, 1.807) is 32.2 Å². The fourth-order valence-electron chi connectivity index (χ4n) is 6.81. The van der Waals surface area contributed by atoms with E-state index in [-0.39, 0.29) is 17.7 Å². The number of piperazine rings is 1. The molecule has 0 amide bonds. The van der Waals surface area contributed by atoms with Gasteiger partial charge in [0.1, 0.15) is 22.9 Å². The number of carbonyl (C=O) groups excluding carboxylic acids is 1. The smallest absolute Gasteiger partial charge is 0.338 e. The van der Waals surface area contributed by atoms with Gasteiger partial charge in [-0.1, -0.05) is 24.6 Å². The summed E-state index contributed by atoms with van der Waals surface area (Å²) in [6, 6.07) is 14.0. The van der Waals surface area contributed by atoms with E-state index < -0.39 is 17.6 Å². The maximum Gasteiger partial charge on any atom is 0.338 e. The van der Waals surface area contributed by atoms with Crippen molar-refractivity contribution in [3.05, 3.63) is 76.3 Å². The highest BCUT2D eigenvalue weighted by Crippen LogP contribution is 2.50. The molecule has 47 heavy (non-hydrogen) atoms. The Hall–Kier alpha value is -4.06. The average Bonchev–Trinajstić information content (AvgIpc) is 3.58. The number of rotatable bonds is 9. The van der Waals surface area contributed by atoms with Crippen LogP contribution in [0.25, 0.3) is 11.0 Å². The van der Waals surface area contributed by atoms with Crippen molar-refractivity contribution in [3.63, 3.8) is 0 Å². The summed E-state index contributed by atoms with van der Waals surface area (Å²) >= 11 is 6.01. The van der Waals surface area contributed by atoms with E-state index in [2.05, 4.69) is 21.3 Å². The molecule has 0 spiro atoms. The molecule has 3 atom stereocenters. The Kier molecular flexibility index (Phi) is 8.40. The molecule has 0 N–H and O–H groups in total. The van der Waals surface area contributed by atoms with Crippen LogP contribution in [0.3, 0.4) is 0 Å². The zero-order valence-corrected chi connectivity index (χ0v) is 27.7. The molecular formula is C35H38ClFN4O6. The first-order valence-electron chi connectivity index (χ1n) is 15.9. The largest absolute Gasteiger partial charge is 0.494 e. The minimum atomic E-state index is -1.32. The fraction of sp³-hybridized carbons (Fsp3) is 0.429. The molecule has 0 saturated carbocycles. The van der Waals surface area contributed by atoms with Gasteiger partial charge in [-0.2, -0.15) is 0 Å². The number of imidazole rings is 1. The highest BCUT2D eigenvalue weighted by molar-refractivity contribution is 6.30. The minimum absolute atomic E-state index is 0.0900. The summed E-state index contributed by atoms with van der Waals surface area (Å²) in [5.74, 6) is 0.355. The number of para-hydroxylation sites is 1. The van der Waals surface area contributed by atoms with E-state index in [1.807, 2.05) is 24.3 Å². The molecule has 3 aliphatic rings. The standard InChI is InChI=1S/C35H38ClFN4O6/c1-5-23-18-40(27-7-6-8-29-33(27)47-35(2,46-29)25-10-9-22(36)17-26(25)37)13-12-39(23)20-31-38-32-28(41(31)19-24-11-14-45-24)15-21(34(42)44-4)16-30(32)43-3/h6-10,15-17,23-24H,5,11-14,18-20H2,1-4H3/t23-,24-,35?/m0/s1. The number of hydrogen-bond donors (Lipinski definition) is 0. The van der Waals surface area contributed by atoms with Crippen molar-refractivity contribution in [2.24, 2.45) is 0 Å². The maximum absolute atomic E-state index is 14.9. The van der Waals surface area contributed by atoms with Gasteiger partial charge in [-0.3, -0.25) is 4.90 Å². The van der Waals surface area contributed by atoms with Crippen LogP contribution in [0.15, 0.2) is 48.5 Å². The molecule has 4 aromatic rings. The second-order valence-corrected chi connectivity index (χ2v) is 12.8. The van der Waals surface area contributed by atoms with E-state index in [1.165, 1.54) is 13.2 Å². The molecule has 2 saturated heterocycles. The first kappa shape index (κ1) is 31.5. The summed E-state index contributed by atoms with van der Waals surface area (Å²) in [6.45, 7) is 8.18. The summed E-state index contributed by atoms with van der Waals surface area (Å²) in [6.07, 6.45) is 1.98. The Morgan fingerprint density at radius 3 is 2.68 bits per heavy atom. The predicted octanol–water partition coefficient (Wildman–Crippen LogP) is 6.16. The Bertz CT molecular complexity index is 1830. The van der Waals surface area contributed by atoms with Gasteiger partial charge in [-0.05, 0) is 55.3 Å². The Morgan fingerprint density at radius 1 is 1.15 bits per heavy atom. The molecule has 12 heteroatoms. The number of anilines is 1. The van der Waals surface area contributed by atoms with Gasteiger partial charge in [0.25, 0.3) is 5.79 Å². The molecule has 10 nitrogen and oxygen atoms in total. The number of esters is 1. The van der Waals surface area contributed by atoms with Crippen molar-refractivity contribution < 1.29 is 32.9 Å². The van der Waals surface area contributed by atoms with Crippen LogP contribution in [-0.4, -0.2) is 73.0 Å². The summed E-state index contributed by atoms with van der Waals surface area (Å²) in [5, 5.41) is 0.312. The zero-order valence-electron chi connectivity index (χ0n) is 26.9. The SMILES string of the molecule is CC[C@H]1CN(c2cccc3c2OC(C)(c2ccc(Cl)cc2F)O3)CCN1Cc1nc2c(OC)cc(C(=O)OC)cc2n1C[C@@H]1CCO1. The third kappa shape index (κ3) is 5.74.